The Bertz CT molecular complexity index is 197. The molecular weight excluding hydrogens is 166 g/mol. The lowest BCUT2D eigenvalue weighted by atomic mass is 9.90. The predicted molar refractivity (Wildman–Crippen MR) is 53.2 cm³/mol. The van der Waals surface area contributed by atoms with Crippen LogP contribution in [0.3, 0.4) is 0 Å². The van der Waals surface area contributed by atoms with E-state index in [1.165, 1.54) is 0 Å². The smallest absolute Gasteiger partial charge is 0.333 e. The molecule has 0 rings (SSSR count). The molecule has 2 N–H and O–H groups in total. The van der Waals surface area contributed by atoms with E-state index in [0.29, 0.717) is 18.7 Å². The molecule has 0 amide bonds. The van der Waals surface area contributed by atoms with Crippen molar-refractivity contribution >= 4 is 5.97 Å². The van der Waals surface area contributed by atoms with Crippen molar-refractivity contribution in [3.05, 3.63) is 12.2 Å². The Kier molecular flexibility index (Phi) is 4.70. The fourth-order valence-electron chi connectivity index (χ4n) is 0.645. The van der Waals surface area contributed by atoms with Gasteiger partial charge in [-0.15, -0.1) is 0 Å². The highest BCUT2D eigenvalue weighted by Crippen LogP contribution is 2.17. The summed E-state index contributed by atoms with van der Waals surface area (Å²) in [6.07, 6.45) is 0.780. The van der Waals surface area contributed by atoms with Gasteiger partial charge in [0.25, 0.3) is 0 Å². The van der Waals surface area contributed by atoms with Crippen LogP contribution in [0.4, 0.5) is 0 Å². The molecule has 0 aliphatic rings. The van der Waals surface area contributed by atoms with Crippen molar-refractivity contribution in [2.24, 2.45) is 11.1 Å². The minimum atomic E-state index is -0.326. The first-order valence-electron chi connectivity index (χ1n) is 4.42. The van der Waals surface area contributed by atoms with Crippen LogP contribution in [0.15, 0.2) is 12.2 Å². The zero-order chi connectivity index (χ0) is 10.5. The summed E-state index contributed by atoms with van der Waals surface area (Å²) in [7, 11) is 0. The van der Waals surface area contributed by atoms with Crippen LogP contribution in [0.5, 0.6) is 0 Å². The second-order valence-electron chi connectivity index (χ2n) is 4.03. The Morgan fingerprint density at radius 1 is 1.54 bits per heavy atom. The second-order valence-corrected chi connectivity index (χ2v) is 4.03. The molecule has 0 fully saturated rings. The molecule has 0 spiro atoms. The number of hydrogen-bond acceptors (Lipinski definition) is 3. The maximum atomic E-state index is 11.0. The van der Waals surface area contributed by atoms with Crippen LogP contribution in [0, 0.1) is 5.41 Å². The summed E-state index contributed by atoms with van der Waals surface area (Å²) in [6.45, 7) is 10.2. The van der Waals surface area contributed by atoms with Crippen LogP contribution >= 0.6 is 0 Å². The molecule has 3 nitrogen and oxygen atoms in total. The van der Waals surface area contributed by atoms with Crippen LogP contribution in [0.2, 0.25) is 0 Å². The van der Waals surface area contributed by atoms with E-state index in [1.54, 1.807) is 6.92 Å². The van der Waals surface area contributed by atoms with E-state index in [4.69, 9.17) is 10.5 Å². The Hall–Kier alpha value is -0.830. The highest BCUT2D eigenvalue weighted by Gasteiger charge is 2.16. The van der Waals surface area contributed by atoms with Gasteiger partial charge in [0.05, 0.1) is 6.61 Å². The second kappa shape index (κ2) is 5.02. The summed E-state index contributed by atoms with van der Waals surface area (Å²) in [4.78, 5) is 11.0. The summed E-state index contributed by atoms with van der Waals surface area (Å²) in [5, 5.41) is 0. The standard InChI is InChI=1S/C10H19NO2/c1-8(2)9(12)13-6-5-10(3,4)7-11/h1,5-7,11H2,2-4H3. The van der Waals surface area contributed by atoms with Gasteiger partial charge in [-0.05, 0) is 25.3 Å². The molecule has 0 atom stereocenters. The fraction of sp³-hybridized carbons (Fsp3) is 0.700. The Morgan fingerprint density at radius 2 is 2.08 bits per heavy atom. The minimum absolute atomic E-state index is 0.0371. The molecule has 0 radical (unpaired) electrons. The molecule has 3 heteroatoms. The molecule has 0 aliphatic carbocycles. The van der Waals surface area contributed by atoms with Gasteiger partial charge >= 0.3 is 5.97 Å². The molecule has 0 saturated carbocycles. The van der Waals surface area contributed by atoms with Gasteiger partial charge in [-0.2, -0.15) is 0 Å². The lowest BCUT2D eigenvalue weighted by Gasteiger charge is -2.21. The third kappa shape index (κ3) is 5.42. The Labute approximate surface area is 79.9 Å². The average Bonchev–Trinajstić information content (AvgIpc) is 2.04. The first kappa shape index (κ1) is 12.2. The summed E-state index contributed by atoms with van der Waals surface area (Å²) in [6, 6.07) is 0. The normalized spacial score (nSPS) is 11.1. The third-order valence-electron chi connectivity index (χ3n) is 1.91. The molecule has 0 heterocycles. The van der Waals surface area contributed by atoms with Crippen molar-refractivity contribution in [2.75, 3.05) is 13.2 Å². The average molecular weight is 185 g/mol. The van der Waals surface area contributed by atoms with E-state index < -0.39 is 0 Å². The number of carbonyl (C=O) groups is 1. The van der Waals surface area contributed by atoms with E-state index in [0.717, 1.165) is 6.42 Å². The highest BCUT2D eigenvalue weighted by molar-refractivity contribution is 5.86. The third-order valence-corrected chi connectivity index (χ3v) is 1.91. The van der Waals surface area contributed by atoms with Crippen LogP contribution in [-0.4, -0.2) is 19.1 Å². The van der Waals surface area contributed by atoms with Gasteiger partial charge in [0.2, 0.25) is 0 Å². The lowest BCUT2D eigenvalue weighted by Crippen LogP contribution is -2.25. The molecule has 0 aromatic rings. The molecule has 0 aromatic carbocycles. The number of rotatable bonds is 5. The molecule has 76 valence electrons. The number of ether oxygens (including phenoxy) is 1. The van der Waals surface area contributed by atoms with Gasteiger partial charge in [-0.25, -0.2) is 4.79 Å². The van der Waals surface area contributed by atoms with Gasteiger partial charge in [-0.1, -0.05) is 20.4 Å². The number of esters is 1. The quantitative estimate of drug-likeness (QED) is 0.521. The fourth-order valence-corrected chi connectivity index (χ4v) is 0.645. The summed E-state index contributed by atoms with van der Waals surface area (Å²) < 4.78 is 4.95. The molecule has 0 saturated heterocycles. The van der Waals surface area contributed by atoms with Crippen molar-refractivity contribution in [2.45, 2.75) is 27.2 Å². The zero-order valence-electron chi connectivity index (χ0n) is 8.72. The van der Waals surface area contributed by atoms with Gasteiger partial charge in [0.15, 0.2) is 0 Å². The molecule has 13 heavy (non-hydrogen) atoms. The lowest BCUT2D eigenvalue weighted by molar-refractivity contribution is -0.139. The van der Waals surface area contributed by atoms with E-state index in [1.807, 2.05) is 13.8 Å². The molecule has 0 aromatic heterocycles. The highest BCUT2D eigenvalue weighted by atomic mass is 16.5. The van der Waals surface area contributed by atoms with Crippen LogP contribution in [0.1, 0.15) is 27.2 Å². The van der Waals surface area contributed by atoms with E-state index in [-0.39, 0.29) is 11.4 Å². The Morgan fingerprint density at radius 3 is 2.46 bits per heavy atom. The predicted octanol–water partition coefficient (Wildman–Crippen LogP) is 1.48. The van der Waals surface area contributed by atoms with Gasteiger partial charge in [0.1, 0.15) is 0 Å². The van der Waals surface area contributed by atoms with Crippen molar-refractivity contribution in [1.82, 2.24) is 0 Å². The van der Waals surface area contributed by atoms with Gasteiger partial charge in [-0.3, -0.25) is 0 Å². The maximum Gasteiger partial charge on any atom is 0.333 e. The van der Waals surface area contributed by atoms with Crippen LogP contribution < -0.4 is 5.73 Å². The summed E-state index contributed by atoms with van der Waals surface area (Å²) in [5.41, 5.74) is 6.00. The molecule has 0 bridgehead atoms. The number of hydrogen-bond donors (Lipinski definition) is 1. The maximum absolute atomic E-state index is 11.0. The molecular formula is C10H19NO2. The molecule has 0 aliphatic heterocycles. The monoisotopic (exact) mass is 185 g/mol. The number of nitrogens with two attached hydrogens (primary N) is 1. The molecule has 0 unspecified atom stereocenters. The first-order chi connectivity index (χ1) is 5.89. The first-order valence-corrected chi connectivity index (χ1v) is 4.42. The summed E-state index contributed by atoms with van der Waals surface area (Å²) in [5.74, 6) is -0.326. The zero-order valence-corrected chi connectivity index (χ0v) is 8.72. The van der Waals surface area contributed by atoms with Crippen LogP contribution in [0.25, 0.3) is 0 Å². The topological polar surface area (TPSA) is 52.3 Å². The summed E-state index contributed by atoms with van der Waals surface area (Å²) >= 11 is 0. The number of carbonyl (C=O) groups excluding carboxylic acids is 1. The largest absolute Gasteiger partial charge is 0.462 e. The van der Waals surface area contributed by atoms with Crippen molar-refractivity contribution in [1.29, 1.82) is 0 Å². The SMILES string of the molecule is C=C(C)C(=O)OCCC(C)(C)CN. The van der Waals surface area contributed by atoms with Gasteiger partial charge in [0, 0.05) is 5.57 Å². The van der Waals surface area contributed by atoms with E-state index in [9.17, 15) is 4.79 Å². The Balaban J connectivity index is 3.68. The van der Waals surface area contributed by atoms with Crippen molar-refractivity contribution in [3.63, 3.8) is 0 Å². The van der Waals surface area contributed by atoms with Gasteiger partial charge < -0.3 is 10.5 Å². The van der Waals surface area contributed by atoms with Crippen molar-refractivity contribution in [3.8, 4) is 0 Å². The van der Waals surface area contributed by atoms with Crippen LogP contribution in [-0.2, 0) is 9.53 Å². The van der Waals surface area contributed by atoms with E-state index >= 15 is 0 Å². The van der Waals surface area contributed by atoms with E-state index in [2.05, 4.69) is 6.58 Å². The van der Waals surface area contributed by atoms with Crippen molar-refractivity contribution < 1.29 is 9.53 Å². The minimum Gasteiger partial charge on any atom is -0.462 e.